The highest BCUT2D eigenvalue weighted by Crippen LogP contribution is 2.38. The van der Waals surface area contributed by atoms with E-state index in [4.69, 9.17) is 14.6 Å². The number of ether oxygens (including phenoxy) is 3. The van der Waals surface area contributed by atoms with E-state index in [0.717, 1.165) is 24.5 Å². The Balaban J connectivity index is 0.000000281. The molecule has 0 spiro atoms. The minimum absolute atomic E-state index is 0.0947. The summed E-state index contributed by atoms with van der Waals surface area (Å²) in [6.45, 7) is 2.10. The fraction of sp³-hybridized carbons (Fsp3) is 0.531. The fourth-order valence-corrected chi connectivity index (χ4v) is 5.79. The number of alkyl halides is 6. The van der Waals surface area contributed by atoms with Gasteiger partial charge >= 0.3 is 36.5 Å². The number of hydrogen-bond donors (Lipinski definition) is 1. The first-order valence-electron chi connectivity index (χ1n) is 15.6. The first-order chi connectivity index (χ1) is 23.9. The molecule has 1 N–H and O–H groups in total. The molecule has 4 heterocycles. The molecule has 19 heteroatoms. The zero-order valence-corrected chi connectivity index (χ0v) is 27.7. The molecule has 0 radical (unpaired) electrons. The Morgan fingerprint density at radius 1 is 0.765 bits per heavy atom. The second kappa shape index (κ2) is 17.3. The number of aromatic nitrogens is 2. The van der Waals surface area contributed by atoms with Gasteiger partial charge in [-0.1, -0.05) is 12.1 Å². The first kappa shape index (κ1) is 40.5. The minimum atomic E-state index is -4.58. The fourth-order valence-electron chi connectivity index (χ4n) is 5.79. The second-order valence-electron chi connectivity index (χ2n) is 11.5. The van der Waals surface area contributed by atoms with Gasteiger partial charge in [0, 0.05) is 31.4 Å². The van der Waals surface area contributed by atoms with Gasteiger partial charge in [-0.25, -0.2) is 9.59 Å². The van der Waals surface area contributed by atoms with Crippen LogP contribution in [0, 0.1) is 11.8 Å². The standard InChI is InChI=1S/C18H21F3N2O5.C14H15F3N2O4/c1-3-28-16(25)9-14(24)11-6-7-23(17(26)27-2)13(8-11)12-4-5-15(22-10-12)18(19,20)21;1-23-13(22)19-5-4-8(12(20)21)6-10(19)9-2-3-11(18-7-9)14(15,16)17/h4-5,10-11,13H,3,6-9H2,1-2H3;2-3,7-8,10H,4-6H2,1H3,(H,20,21)/t11-,13+;/m1./s1. The van der Waals surface area contributed by atoms with Crippen LogP contribution in [-0.4, -0.2) is 88.7 Å². The van der Waals surface area contributed by atoms with Crippen LogP contribution in [0.5, 0.6) is 0 Å². The van der Waals surface area contributed by atoms with E-state index in [1.165, 1.54) is 36.2 Å². The Morgan fingerprint density at radius 2 is 1.20 bits per heavy atom. The van der Waals surface area contributed by atoms with Crippen LogP contribution in [0.4, 0.5) is 35.9 Å². The van der Waals surface area contributed by atoms with Crippen molar-refractivity contribution in [3.8, 4) is 0 Å². The number of Topliss-reactive ketones (excluding diaryl/α,β-unsaturated/α-hetero) is 1. The molecule has 2 fully saturated rings. The number of likely N-dealkylation sites (tertiary alicyclic amines) is 2. The van der Waals surface area contributed by atoms with Crippen molar-refractivity contribution in [3.05, 3.63) is 59.2 Å². The highest BCUT2D eigenvalue weighted by atomic mass is 19.4. The number of carbonyl (C=O) groups excluding carboxylic acids is 4. The summed E-state index contributed by atoms with van der Waals surface area (Å²) in [6, 6.07) is 2.71. The van der Waals surface area contributed by atoms with E-state index < -0.39 is 71.8 Å². The van der Waals surface area contributed by atoms with Crippen LogP contribution in [-0.2, 0) is 40.9 Å². The summed E-state index contributed by atoms with van der Waals surface area (Å²) >= 11 is 0. The zero-order valence-electron chi connectivity index (χ0n) is 27.7. The molecule has 0 bridgehead atoms. The predicted molar refractivity (Wildman–Crippen MR) is 162 cm³/mol. The summed E-state index contributed by atoms with van der Waals surface area (Å²) in [5.41, 5.74) is -1.40. The molecular weight excluding hydrogens is 698 g/mol. The molecule has 51 heavy (non-hydrogen) atoms. The molecule has 2 unspecified atom stereocenters. The van der Waals surface area contributed by atoms with Gasteiger partial charge in [0.15, 0.2) is 0 Å². The van der Waals surface area contributed by atoms with Crippen LogP contribution in [0.3, 0.4) is 0 Å². The molecule has 2 aliphatic rings. The Kier molecular flexibility index (Phi) is 13.7. The number of rotatable bonds is 7. The lowest BCUT2D eigenvalue weighted by Crippen LogP contribution is -2.43. The van der Waals surface area contributed by atoms with Gasteiger partial charge in [-0.05, 0) is 55.9 Å². The Morgan fingerprint density at radius 3 is 1.55 bits per heavy atom. The van der Waals surface area contributed by atoms with E-state index in [1.54, 1.807) is 6.92 Å². The molecule has 4 rings (SSSR count). The maximum atomic E-state index is 12.7. The average Bonchev–Trinajstić information content (AvgIpc) is 3.10. The number of hydrogen-bond acceptors (Lipinski definition) is 10. The third kappa shape index (κ3) is 10.8. The number of carbonyl (C=O) groups is 5. The lowest BCUT2D eigenvalue weighted by molar-refractivity contribution is -0.147. The smallest absolute Gasteiger partial charge is 0.433 e. The third-order valence-electron chi connectivity index (χ3n) is 8.37. The van der Waals surface area contributed by atoms with E-state index in [0.29, 0.717) is 17.5 Å². The van der Waals surface area contributed by atoms with Crippen LogP contribution < -0.4 is 0 Å². The van der Waals surface area contributed by atoms with Gasteiger partial charge in [0.2, 0.25) is 0 Å². The van der Waals surface area contributed by atoms with Crippen molar-refractivity contribution in [1.82, 2.24) is 19.8 Å². The SMILES string of the molecule is CCOC(=O)CC(=O)[C@@H]1CCN(C(=O)OC)[C@H](c2ccc(C(F)(F)F)nc2)C1.COC(=O)N1CCC(C(=O)O)CC1c1ccc(C(F)(F)F)nc1. The molecule has 2 aromatic rings. The molecule has 0 saturated carbocycles. The van der Waals surface area contributed by atoms with Crippen LogP contribution in [0.25, 0.3) is 0 Å². The number of esters is 1. The summed E-state index contributed by atoms with van der Waals surface area (Å²) < 4.78 is 90.1. The Labute approximate surface area is 287 Å². The number of nitrogens with zero attached hydrogens (tertiary/aromatic N) is 4. The monoisotopic (exact) mass is 734 g/mol. The van der Waals surface area contributed by atoms with Crippen molar-refractivity contribution >= 4 is 29.9 Å². The third-order valence-corrected chi connectivity index (χ3v) is 8.37. The lowest BCUT2D eigenvalue weighted by atomic mass is 9.84. The van der Waals surface area contributed by atoms with Crippen molar-refractivity contribution in [3.63, 3.8) is 0 Å². The maximum absolute atomic E-state index is 12.7. The maximum Gasteiger partial charge on any atom is 0.433 e. The van der Waals surface area contributed by atoms with Gasteiger partial charge in [0.25, 0.3) is 0 Å². The number of amides is 2. The van der Waals surface area contributed by atoms with Crippen molar-refractivity contribution < 1.29 is 69.6 Å². The van der Waals surface area contributed by atoms with E-state index in [2.05, 4.69) is 14.7 Å². The van der Waals surface area contributed by atoms with Crippen LogP contribution >= 0.6 is 0 Å². The number of ketones is 1. The molecular formula is C32H36F6N4O9. The minimum Gasteiger partial charge on any atom is -0.481 e. The number of piperidine rings is 2. The largest absolute Gasteiger partial charge is 0.481 e. The predicted octanol–water partition coefficient (Wildman–Crippen LogP) is 5.85. The number of carboxylic acid groups (broad SMARTS) is 1. The molecule has 13 nitrogen and oxygen atoms in total. The van der Waals surface area contributed by atoms with E-state index in [-0.39, 0.29) is 51.2 Å². The van der Waals surface area contributed by atoms with Crippen molar-refractivity contribution in [1.29, 1.82) is 0 Å². The topological polar surface area (TPSA) is 166 Å². The average molecular weight is 735 g/mol. The molecule has 0 aromatic carbocycles. The highest BCUT2D eigenvalue weighted by molar-refractivity contribution is 5.97. The summed E-state index contributed by atoms with van der Waals surface area (Å²) in [5, 5.41) is 9.14. The number of methoxy groups -OCH3 is 2. The molecule has 280 valence electrons. The van der Waals surface area contributed by atoms with E-state index >= 15 is 0 Å². The van der Waals surface area contributed by atoms with Gasteiger partial charge in [0.1, 0.15) is 23.6 Å². The molecule has 2 saturated heterocycles. The summed E-state index contributed by atoms with van der Waals surface area (Å²) in [4.78, 5) is 68.4. The molecule has 2 amide bonds. The number of halogens is 6. The molecule has 4 atom stereocenters. The normalized spacial score (nSPS) is 20.7. The van der Waals surface area contributed by atoms with Crippen LogP contribution in [0.2, 0.25) is 0 Å². The van der Waals surface area contributed by atoms with Gasteiger partial charge in [-0.15, -0.1) is 0 Å². The van der Waals surface area contributed by atoms with Gasteiger partial charge in [-0.2, -0.15) is 26.3 Å². The summed E-state index contributed by atoms with van der Waals surface area (Å²) in [5.74, 6) is -3.16. The summed E-state index contributed by atoms with van der Waals surface area (Å²) in [7, 11) is 2.38. The lowest BCUT2D eigenvalue weighted by Gasteiger charge is -2.38. The zero-order chi connectivity index (χ0) is 38.1. The summed E-state index contributed by atoms with van der Waals surface area (Å²) in [6.07, 6.45) is -7.93. The first-order valence-corrected chi connectivity index (χ1v) is 15.6. The molecule has 2 aromatic heterocycles. The van der Waals surface area contributed by atoms with Crippen molar-refractivity contribution in [2.75, 3.05) is 33.9 Å². The molecule has 2 aliphatic heterocycles. The van der Waals surface area contributed by atoms with Crippen molar-refractivity contribution in [2.24, 2.45) is 11.8 Å². The number of aliphatic carboxylic acids is 1. The number of pyridine rings is 2. The van der Waals surface area contributed by atoms with Gasteiger partial charge in [-0.3, -0.25) is 24.4 Å². The Hall–Kier alpha value is -4.97. The van der Waals surface area contributed by atoms with Gasteiger partial charge in [0.05, 0.1) is 38.8 Å². The van der Waals surface area contributed by atoms with Gasteiger partial charge < -0.3 is 29.1 Å². The van der Waals surface area contributed by atoms with Crippen LogP contribution in [0.1, 0.15) is 73.6 Å². The van der Waals surface area contributed by atoms with Crippen molar-refractivity contribution in [2.45, 2.75) is 63.5 Å². The second-order valence-corrected chi connectivity index (χ2v) is 11.5. The molecule has 0 aliphatic carbocycles. The highest BCUT2D eigenvalue weighted by Gasteiger charge is 2.39. The number of carboxylic acids is 1. The van der Waals surface area contributed by atoms with E-state index in [1.807, 2.05) is 0 Å². The van der Waals surface area contributed by atoms with Crippen LogP contribution in [0.15, 0.2) is 36.7 Å². The quantitative estimate of drug-likeness (QED) is 0.157. The Bertz CT molecular complexity index is 1540. The van der Waals surface area contributed by atoms with E-state index in [9.17, 15) is 50.3 Å².